The third kappa shape index (κ3) is 5.19. The van der Waals surface area contributed by atoms with Gasteiger partial charge in [-0.25, -0.2) is 9.97 Å². The third-order valence-corrected chi connectivity index (χ3v) is 3.94. The van der Waals surface area contributed by atoms with Crippen molar-refractivity contribution in [3.63, 3.8) is 0 Å². The molecule has 7 nitrogen and oxygen atoms in total. The molecular weight excluding hydrogens is 316 g/mol. The van der Waals surface area contributed by atoms with Gasteiger partial charge in [-0.1, -0.05) is 12.0 Å². The highest BCUT2D eigenvalue weighted by Gasteiger charge is 2.23. The molecule has 1 aliphatic heterocycles. The van der Waals surface area contributed by atoms with Crippen molar-refractivity contribution in [1.29, 1.82) is 0 Å². The summed E-state index contributed by atoms with van der Waals surface area (Å²) in [6.07, 6.45) is 6.11. The van der Waals surface area contributed by atoms with E-state index in [1.807, 2.05) is 6.08 Å². The molecule has 1 aliphatic rings. The first-order valence-corrected chi connectivity index (χ1v) is 8.58. The van der Waals surface area contributed by atoms with Crippen LogP contribution in [0.2, 0.25) is 0 Å². The Morgan fingerprint density at radius 1 is 1.44 bits per heavy atom. The second-order valence-electron chi connectivity index (χ2n) is 5.65. The number of hydrogen-bond donors (Lipinski definition) is 2. The van der Waals surface area contributed by atoms with E-state index >= 15 is 0 Å². The van der Waals surface area contributed by atoms with Crippen molar-refractivity contribution in [2.45, 2.75) is 19.8 Å². The summed E-state index contributed by atoms with van der Waals surface area (Å²) in [6.45, 7) is 10.0. The summed E-state index contributed by atoms with van der Waals surface area (Å²) in [5.41, 5.74) is 0.695. The maximum Gasteiger partial charge on any atom is 0.215 e. The number of aromatic nitrogens is 2. The second-order valence-corrected chi connectivity index (χ2v) is 5.65. The molecule has 0 atom stereocenters. The molecule has 134 valence electrons. The molecule has 1 aromatic heterocycles. The quantitative estimate of drug-likeness (QED) is 0.305. The van der Waals surface area contributed by atoms with Gasteiger partial charge in [-0.2, -0.15) is 0 Å². The second kappa shape index (κ2) is 10.3. The standard InChI is InChI=1S/C18H26N6O/c1-3-5-7-8-20-17-16(24(15-25)11-6-4-2)18(22-14-21-17)23-12-9-19-10-13-23/h3,14-15,19H,1,5,7-13H2,2H3,(H,20,21,22). The summed E-state index contributed by atoms with van der Waals surface area (Å²) >= 11 is 0. The SMILES string of the molecule is C=CCCCNc1ncnc(N2CCNCC2)c1N(C=O)CC#CC. The highest BCUT2D eigenvalue weighted by atomic mass is 16.1. The van der Waals surface area contributed by atoms with Gasteiger partial charge in [0.15, 0.2) is 11.6 Å². The molecule has 0 bridgehead atoms. The Morgan fingerprint density at radius 2 is 2.24 bits per heavy atom. The third-order valence-electron chi connectivity index (χ3n) is 3.94. The van der Waals surface area contributed by atoms with Gasteiger partial charge in [0.2, 0.25) is 6.41 Å². The molecule has 2 heterocycles. The summed E-state index contributed by atoms with van der Waals surface area (Å²) in [7, 11) is 0. The van der Waals surface area contributed by atoms with Crippen molar-refractivity contribution >= 4 is 23.7 Å². The number of amides is 1. The van der Waals surface area contributed by atoms with Gasteiger partial charge in [-0.15, -0.1) is 12.5 Å². The fourth-order valence-corrected chi connectivity index (χ4v) is 2.66. The number of allylic oxidation sites excluding steroid dienone is 1. The molecule has 0 saturated carbocycles. The number of carbonyl (C=O) groups is 1. The van der Waals surface area contributed by atoms with Gasteiger partial charge in [0.25, 0.3) is 0 Å². The van der Waals surface area contributed by atoms with Gasteiger partial charge in [-0.05, 0) is 19.8 Å². The molecule has 0 radical (unpaired) electrons. The van der Waals surface area contributed by atoms with E-state index in [1.54, 1.807) is 18.2 Å². The van der Waals surface area contributed by atoms with Gasteiger partial charge in [0, 0.05) is 32.7 Å². The molecule has 25 heavy (non-hydrogen) atoms. The number of carbonyl (C=O) groups excluding carboxylic acids is 1. The van der Waals surface area contributed by atoms with Crippen LogP contribution in [0.5, 0.6) is 0 Å². The lowest BCUT2D eigenvalue weighted by Gasteiger charge is -2.32. The normalized spacial score (nSPS) is 13.6. The Bertz CT molecular complexity index is 630. The maximum absolute atomic E-state index is 11.7. The fraction of sp³-hybridized carbons (Fsp3) is 0.500. The first-order valence-electron chi connectivity index (χ1n) is 8.58. The van der Waals surface area contributed by atoms with Crippen LogP contribution in [0.15, 0.2) is 19.0 Å². The van der Waals surface area contributed by atoms with Crippen LogP contribution in [0, 0.1) is 11.8 Å². The van der Waals surface area contributed by atoms with Crippen LogP contribution >= 0.6 is 0 Å². The van der Waals surface area contributed by atoms with E-state index in [0.29, 0.717) is 18.1 Å². The van der Waals surface area contributed by atoms with Crippen molar-refractivity contribution in [1.82, 2.24) is 15.3 Å². The number of unbranched alkanes of at least 4 members (excludes halogenated alkanes) is 1. The lowest BCUT2D eigenvalue weighted by Crippen LogP contribution is -2.44. The summed E-state index contributed by atoms with van der Waals surface area (Å²) < 4.78 is 0. The monoisotopic (exact) mass is 342 g/mol. The zero-order valence-electron chi connectivity index (χ0n) is 14.8. The van der Waals surface area contributed by atoms with Crippen molar-refractivity contribution in [2.24, 2.45) is 0 Å². The number of piperazine rings is 1. The van der Waals surface area contributed by atoms with Crippen LogP contribution in [0.25, 0.3) is 0 Å². The zero-order valence-corrected chi connectivity index (χ0v) is 14.8. The van der Waals surface area contributed by atoms with E-state index in [4.69, 9.17) is 0 Å². The Balaban J connectivity index is 2.33. The minimum atomic E-state index is 0.313. The Labute approximate surface area is 149 Å². The molecule has 1 amide bonds. The highest BCUT2D eigenvalue weighted by Crippen LogP contribution is 2.32. The minimum absolute atomic E-state index is 0.313. The molecule has 1 fully saturated rings. The molecular formula is C18H26N6O. The van der Waals surface area contributed by atoms with Gasteiger partial charge in [0.1, 0.15) is 12.0 Å². The Kier molecular flexibility index (Phi) is 7.73. The van der Waals surface area contributed by atoms with Crippen molar-refractivity contribution in [3.05, 3.63) is 19.0 Å². The number of hydrogen-bond acceptors (Lipinski definition) is 6. The van der Waals surface area contributed by atoms with Gasteiger partial charge < -0.3 is 15.5 Å². The zero-order chi connectivity index (χ0) is 17.9. The topological polar surface area (TPSA) is 73.4 Å². The van der Waals surface area contributed by atoms with Crippen LogP contribution in [0.1, 0.15) is 19.8 Å². The van der Waals surface area contributed by atoms with Crippen molar-refractivity contribution < 1.29 is 4.79 Å². The van der Waals surface area contributed by atoms with E-state index in [0.717, 1.165) is 57.8 Å². The fourth-order valence-electron chi connectivity index (χ4n) is 2.66. The number of rotatable bonds is 9. The summed E-state index contributed by atoms with van der Waals surface area (Å²) in [5.74, 6) is 7.22. The Morgan fingerprint density at radius 3 is 2.92 bits per heavy atom. The molecule has 0 aromatic carbocycles. The van der Waals surface area contributed by atoms with E-state index in [9.17, 15) is 4.79 Å². The van der Waals surface area contributed by atoms with Crippen LogP contribution in [0.4, 0.5) is 17.3 Å². The summed E-state index contributed by atoms with van der Waals surface area (Å²) in [5, 5.41) is 6.66. The molecule has 0 spiro atoms. The van der Waals surface area contributed by atoms with Crippen molar-refractivity contribution in [3.8, 4) is 11.8 Å². The molecule has 2 N–H and O–H groups in total. The van der Waals surface area contributed by atoms with Crippen molar-refractivity contribution in [2.75, 3.05) is 54.4 Å². The van der Waals surface area contributed by atoms with Gasteiger partial charge >= 0.3 is 0 Å². The smallest absolute Gasteiger partial charge is 0.215 e. The molecule has 1 aromatic rings. The predicted molar refractivity (Wildman–Crippen MR) is 102 cm³/mol. The van der Waals surface area contributed by atoms with Crippen LogP contribution in [0.3, 0.4) is 0 Å². The Hall–Kier alpha value is -2.59. The summed E-state index contributed by atoms with van der Waals surface area (Å²) in [6, 6.07) is 0. The number of nitrogens with one attached hydrogen (secondary N) is 2. The first-order chi connectivity index (χ1) is 12.3. The van der Waals surface area contributed by atoms with Gasteiger partial charge in [0.05, 0.1) is 6.54 Å². The minimum Gasteiger partial charge on any atom is -0.368 e. The van der Waals surface area contributed by atoms with Crippen LogP contribution < -0.4 is 20.4 Å². The largest absolute Gasteiger partial charge is 0.368 e. The van der Waals surface area contributed by atoms with Crippen LogP contribution in [-0.4, -0.2) is 55.6 Å². The molecule has 1 saturated heterocycles. The average Bonchev–Trinajstić information content (AvgIpc) is 2.67. The van der Waals surface area contributed by atoms with Gasteiger partial charge in [-0.3, -0.25) is 9.69 Å². The van der Waals surface area contributed by atoms with E-state index in [2.05, 4.69) is 43.9 Å². The van der Waals surface area contributed by atoms with E-state index < -0.39 is 0 Å². The predicted octanol–water partition coefficient (Wildman–Crippen LogP) is 1.25. The maximum atomic E-state index is 11.7. The van der Waals surface area contributed by atoms with Crippen LogP contribution in [-0.2, 0) is 4.79 Å². The molecule has 0 unspecified atom stereocenters. The molecule has 2 rings (SSSR count). The number of nitrogens with zero attached hydrogens (tertiary/aromatic N) is 4. The first kappa shape index (κ1) is 18.7. The molecule has 7 heteroatoms. The highest BCUT2D eigenvalue weighted by molar-refractivity contribution is 5.89. The summed E-state index contributed by atoms with van der Waals surface area (Å²) in [4.78, 5) is 24.3. The van der Waals surface area contributed by atoms with E-state index in [1.165, 1.54) is 0 Å². The average molecular weight is 342 g/mol. The lowest BCUT2D eigenvalue weighted by molar-refractivity contribution is -0.107. The number of anilines is 3. The van der Waals surface area contributed by atoms with E-state index in [-0.39, 0.29) is 0 Å². The molecule has 0 aliphatic carbocycles. The lowest BCUT2D eigenvalue weighted by atomic mass is 10.2.